The molecule has 0 spiro atoms. The number of anilines is 1. The Labute approximate surface area is 224 Å². The summed E-state index contributed by atoms with van der Waals surface area (Å²) in [6.45, 7) is 6.73. The van der Waals surface area contributed by atoms with E-state index in [0.29, 0.717) is 17.7 Å². The Balaban J connectivity index is 1.99. The number of halogens is 1. The Hall–Kier alpha value is -3.72. The zero-order chi connectivity index (χ0) is 27.9. The molecule has 9 heteroatoms. The number of amides is 2. The average Bonchev–Trinajstić information content (AvgIpc) is 2.91. The molecule has 2 atom stereocenters. The number of nitrogens with one attached hydrogen (secondary N) is 1. The zero-order valence-corrected chi connectivity index (χ0v) is 22.9. The van der Waals surface area contributed by atoms with E-state index in [4.69, 9.17) is 0 Å². The van der Waals surface area contributed by atoms with Gasteiger partial charge in [-0.1, -0.05) is 55.0 Å². The van der Waals surface area contributed by atoms with Gasteiger partial charge in [-0.15, -0.1) is 0 Å². The van der Waals surface area contributed by atoms with Gasteiger partial charge in [0.25, 0.3) is 10.0 Å². The number of para-hydroxylation sites is 1. The highest BCUT2D eigenvalue weighted by atomic mass is 32.2. The summed E-state index contributed by atoms with van der Waals surface area (Å²) in [5, 5.41) is 2.88. The number of carbonyl (C=O) groups is 2. The number of aryl methyl sites for hydroxylation is 1. The molecule has 1 N–H and O–H groups in total. The molecule has 0 saturated carbocycles. The lowest BCUT2D eigenvalue weighted by Crippen LogP contribution is -2.52. The third-order valence-corrected chi connectivity index (χ3v) is 8.15. The summed E-state index contributed by atoms with van der Waals surface area (Å²) in [6.07, 6.45) is 0.709. The van der Waals surface area contributed by atoms with E-state index in [-0.39, 0.29) is 23.4 Å². The summed E-state index contributed by atoms with van der Waals surface area (Å²) < 4.78 is 42.0. The molecule has 0 radical (unpaired) electrons. The van der Waals surface area contributed by atoms with Gasteiger partial charge in [-0.25, -0.2) is 12.8 Å². The van der Waals surface area contributed by atoms with E-state index in [0.717, 1.165) is 9.87 Å². The summed E-state index contributed by atoms with van der Waals surface area (Å²) in [4.78, 5) is 28.2. The zero-order valence-electron chi connectivity index (χ0n) is 22.1. The average molecular weight is 540 g/mol. The van der Waals surface area contributed by atoms with E-state index in [1.807, 2.05) is 20.8 Å². The highest BCUT2D eigenvalue weighted by Crippen LogP contribution is 2.24. The number of hydrogen-bond donors (Lipinski definition) is 1. The molecule has 0 fully saturated rings. The lowest BCUT2D eigenvalue weighted by molar-refractivity contribution is -0.139. The molecule has 0 bridgehead atoms. The largest absolute Gasteiger partial charge is 0.352 e. The predicted octanol–water partition coefficient (Wildman–Crippen LogP) is 4.66. The van der Waals surface area contributed by atoms with Crippen LogP contribution in [0.25, 0.3) is 0 Å². The van der Waals surface area contributed by atoms with Crippen LogP contribution in [0, 0.1) is 12.7 Å². The quantitative estimate of drug-likeness (QED) is 0.384. The van der Waals surface area contributed by atoms with Gasteiger partial charge in [-0.3, -0.25) is 13.9 Å². The van der Waals surface area contributed by atoms with Gasteiger partial charge in [0, 0.05) is 12.6 Å². The van der Waals surface area contributed by atoms with Crippen molar-refractivity contribution in [3.05, 3.63) is 95.8 Å². The third kappa shape index (κ3) is 7.19. The van der Waals surface area contributed by atoms with Crippen LogP contribution in [0.5, 0.6) is 0 Å². The normalized spacial score (nSPS) is 12.9. The number of carbonyl (C=O) groups excluding carboxylic acids is 2. The van der Waals surface area contributed by atoms with Gasteiger partial charge in [0.05, 0.1) is 10.6 Å². The fraction of sp³-hybridized carbons (Fsp3) is 0.310. The molecule has 3 rings (SSSR count). The minimum atomic E-state index is -4.11. The number of hydrogen-bond acceptors (Lipinski definition) is 4. The first-order valence-electron chi connectivity index (χ1n) is 12.5. The van der Waals surface area contributed by atoms with Crippen molar-refractivity contribution in [2.24, 2.45) is 0 Å². The molecule has 0 heterocycles. The first kappa shape index (κ1) is 28.8. The van der Waals surface area contributed by atoms with E-state index in [1.165, 1.54) is 41.3 Å². The van der Waals surface area contributed by atoms with E-state index in [1.54, 1.807) is 49.4 Å². The van der Waals surface area contributed by atoms with E-state index in [9.17, 15) is 22.4 Å². The third-order valence-electron chi connectivity index (χ3n) is 6.37. The summed E-state index contributed by atoms with van der Waals surface area (Å²) in [7, 11) is -4.11. The van der Waals surface area contributed by atoms with Gasteiger partial charge in [0.1, 0.15) is 18.4 Å². The van der Waals surface area contributed by atoms with Gasteiger partial charge in [0.2, 0.25) is 11.8 Å². The van der Waals surface area contributed by atoms with Gasteiger partial charge < -0.3 is 10.2 Å². The Morgan fingerprint density at radius 1 is 0.921 bits per heavy atom. The SMILES string of the molecule is CC[C@@H](C)NC(=O)[C@@H](C)N(Cc1ccc(F)cc1)C(=O)CN(c1ccccc1)S(=O)(=O)c1ccc(C)cc1. The second-order valence-corrected chi connectivity index (χ2v) is 11.2. The maximum absolute atomic E-state index is 13.8. The summed E-state index contributed by atoms with van der Waals surface area (Å²) in [6, 6.07) is 19.4. The highest BCUT2D eigenvalue weighted by molar-refractivity contribution is 7.92. The summed E-state index contributed by atoms with van der Waals surface area (Å²) >= 11 is 0. The molecule has 0 unspecified atom stereocenters. The van der Waals surface area contributed by atoms with Gasteiger partial charge in [-0.2, -0.15) is 0 Å². The van der Waals surface area contributed by atoms with Crippen LogP contribution in [0.1, 0.15) is 38.3 Å². The maximum Gasteiger partial charge on any atom is 0.264 e. The Morgan fingerprint density at radius 2 is 1.53 bits per heavy atom. The maximum atomic E-state index is 13.8. The molecular weight excluding hydrogens is 505 g/mol. The van der Waals surface area contributed by atoms with Crippen molar-refractivity contribution >= 4 is 27.5 Å². The molecule has 0 saturated heterocycles. The fourth-order valence-corrected chi connectivity index (χ4v) is 5.21. The van der Waals surface area contributed by atoms with Gasteiger partial charge in [-0.05, 0) is 69.2 Å². The van der Waals surface area contributed by atoms with E-state index < -0.39 is 34.3 Å². The number of rotatable bonds is 11. The van der Waals surface area contributed by atoms with Crippen molar-refractivity contribution in [2.45, 2.75) is 57.6 Å². The van der Waals surface area contributed by atoms with Crippen LogP contribution in [0.3, 0.4) is 0 Å². The van der Waals surface area contributed by atoms with E-state index in [2.05, 4.69) is 5.32 Å². The van der Waals surface area contributed by atoms with Crippen molar-refractivity contribution in [1.29, 1.82) is 0 Å². The standard InChI is InChI=1S/C29H34FN3O4S/c1-5-22(3)31-29(35)23(4)32(19-24-13-15-25(30)16-14-24)28(34)20-33(26-9-7-6-8-10-26)38(36,37)27-17-11-21(2)12-18-27/h6-18,22-23H,5,19-20H2,1-4H3,(H,31,35)/t22-,23-/m1/s1. The van der Waals surface area contributed by atoms with Crippen LogP contribution in [0.4, 0.5) is 10.1 Å². The first-order valence-corrected chi connectivity index (χ1v) is 14.0. The molecule has 3 aromatic rings. The second kappa shape index (κ2) is 12.7. The lowest BCUT2D eigenvalue weighted by Gasteiger charge is -2.32. The van der Waals surface area contributed by atoms with Crippen LogP contribution >= 0.6 is 0 Å². The smallest absolute Gasteiger partial charge is 0.264 e. The number of benzene rings is 3. The van der Waals surface area contributed by atoms with Gasteiger partial charge >= 0.3 is 0 Å². The van der Waals surface area contributed by atoms with Gasteiger partial charge in [0.15, 0.2) is 0 Å². The molecule has 7 nitrogen and oxygen atoms in total. The fourth-order valence-electron chi connectivity index (χ4n) is 3.80. The highest BCUT2D eigenvalue weighted by Gasteiger charge is 2.32. The first-order chi connectivity index (χ1) is 18.0. The van der Waals surface area contributed by atoms with Crippen LogP contribution in [-0.4, -0.2) is 43.8 Å². The van der Waals surface area contributed by atoms with Crippen molar-refractivity contribution in [1.82, 2.24) is 10.2 Å². The van der Waals surface area contributed by atoms with Crippen LogP contribution < -0.4 is 9.62 Å². The summed E-state index contributed by atoms with van der Waals surface area (Å²) in [5.41, 5.74) is 1.83. The Bertz CT molecular complexity index is 1330. The molecule has 0 aliphatic carbocycles. The molecule has 0 aromatic heterocycles. The molecule has 3 aromatic carbocycles. The predicted molar refractivity (Wildman–Crippen MR) is 146 cm³/mol. The van der Waals surface area contributed by atoms with E-state index >= 15 is 0 Å². The minimum absolute atomic E-state index is 0.00140. The molecule has 2 amide bonds. The Morgan fingerprint density at radius 3 is 2.11 bits per heavy atom. The monoisotopic (exact) mass is 539 g/mol. The molecule has 38 heavy (non-hydrogen) atoms. The molecule has 0 aliphatic rings. The van der Waals surface area contributed by atoms with Crippen molar-refractivity contribution in [3.8, 4) is 0 Å². The minimum Gasteiger partial charge on any atom is -0.352 e. The number of nitrogens with zero attached hydrogens (tertiary/aromatic N) is 2. The second-order valence-electron chi connectivity index (χ2n) is 9.30. The lowest BCUT2D eigenvalue weighted by atomic mass is 10.1. The van der Waals surface area contributed by atoms with Crippen LogP contribution in [0.15, 0.2) is 83.8 Å². The Kier molecular flexibility index (Phi) is 9.63. The van der Waals surface area contributed by atoms with Crippen molar-refractivity contribution < 1.29 is 22.4 Å². The van der Waals surface area contributed by atoms with Crippen LogP contribution in [0.2, 0.25) is 0 Å². The molecule has 0 aliphatic heterocycles. The number of sulfonamides is 1. The topological polar surface area (TPSA) is 86.8 Å². The molecule has 202 valence electrons. The summed E-state index contributed by atoms with van der Waals surface area (Å²) in [5.74, 6) is -1.35. The van der Waals surface area contributed by atoms with Crippen molar-refractivity contribution in [3.63, 3.8) is 0 Å². The van der Waals surface area contributed by atoms with Crippen molar-refractivity contribution in [2.75, 3.05) is 10.8 Å². The van der Waals surface area contributed by atoms with Crippen LogP contribution in [-0.2, 0) is 26.2 Å². The molecular formula is C29H34FN3O4S.